The molecular weight excluding hydrogens is 300 g/mol. The molecule has 1 aliphatic carbocycles. The Labute approximate surface area is 135 Å². The molecule has 0 aromatic heterocycles. The number of aliphatic imine (C=N–C) groups is 1. The van der Waals surface area contributed by atoms with Gasteiger partial charge in [0.15, 0.2) is 5.96 Å². The third kappa shape index (κ3) is 9.25. The maximum atomic E-state index is 10.9. The van der Waals surface area contributed by atoms with Crippen molar-refractivity contribution in [3.05, 3.63) is 0 Å². The molecule has 0 bridgehead atoms. The van der Waals surface area contributed by atoms with Gasteiger partial charge in [0.05, 0.1) is 12.3 Å². The van der Waals surface area contributed by atoms with E-state index in [1.54, 1.807) is 0 Å². The smallest absolute Gasteiger partial charge is 0.210 e. The minimum absolute atomic E-state index is 0.125. The van der Waals surface area contributed by atoms with Gasteiger partial charge in [-0.05, 0) is 32.6 Å². The summed E-state index contributed by atoms with van der Waals surface area (Å²) in [5.41, 5.74) is 0. The lowest BCUT2D eigenvalue weighted by Gasteiger charge is -2.24. The molecule has 1 rings (SSSR count). The zero-order valence-corrected chi connectivity index (χ0v) is 14.8. The van der Waals surface area contributed by atoms with Crippen molar-refractivity contribution in [3.8, 4) is 0 Å². The van der Waals surface area contributed by atoms with Crippen LogP contribution in [0.15, 0.2) is 4.99 Å². The lowest BCUT2D eigenvalue weighted by molar-refractivity contribution is 0.322. The molecule has 1 atom stereocenters. The Kier molecular flexibility index (Phi) is 8.78. The van der Waals surface area contributed by atoms with Gasteiger partial charge in [0, 0.05) is 12.6 Å². The molecule has 6 nitrogen and oxygen atoms in total. The standard InChI is InChI=1S/C15H32N4O2S/c1-3-17-15(18-11-12-22(16,20)21)19-13(2)9-10-14-7-5-4-6-8-14/h13-14H,3-12H2,1-2H3,(H2,16,20,21)(H2,17,18,19). The number of nitrogens with two attached hydrogens (primary N) is 1. The molecule has 0 aromatic rings. The van der Waals surface area contributed by atoms with E-state index in [2.05, 4.69) is 22.5 Å². The third-order valence-corrected chi connectivity index (χ3v) is 4.86. The molecule has 0 saturated heterocycles. The highest BCUT2D eigenvalue weighted by Crippen LogP contribution is 2.27. The van der Waals surface area contributed by atoms with Crippen LogP contribution >= 0.6 is 0 Å². The Balaban J connectivity index is 2.35. The number of hydrogen-bond donors (Lipinski definition) is 3. The van der Waals surface area contributed by atoms with Crippen molar-refractivity contribution in [2.45, 2.75) is 64.8 Å². The highest BCUT2D eigenvalue weighted by atomic mass is 32.2. The normalized spacial score (nSPS) is 19.0. The van der Waals surface area contributed by atoms with E-state index in [9.17, 15) is 8.42 Å². The molecule has 0 heterocycles. The maximum absolute atomic E-state index is 10.9. The van der Waals surface area contributed by atoms with Crippen LogP contribution in [0, 0.1) is 5.92 Å². The minimum Gasteiger partial charge on any atom is -0.357 e. The Bertz CT molecular complexity index is 431. The van der Waals surface area contributed by atoms with Crippen molar-refractivity contribution in [2.24, 2.45) is 16.0 Å². The summed E-state index contributed by atoms with van der Waals surface area (Å²) in [6, 6.07) is 0.328. The van der Waals surface area contributed by atoms with E-state index in [1.807, 2.05) is 6.92 Å². The highest BCUT2D eigenvalue weighted by molar-refractivity contribution is 7.89. The van der Waals surface area contributed by atoms with E-state index < -0.39 is 10.0 Å². The fraction of sp³-hybridized carbons (Fsp3) is 0.933. The molecule has 0 amide bonds. The number of hydrogen-bond acceptors (Lipinski definition) is 3. The summed E-state index contributed by atoms with van der Waals surface area (Å²) >= 11 is 0. The first-order chi connectivity index (χ1) is 10.4. The van der Waals surface area contributed by atoms with Gasteiger partial charge < -0.3 is 10.6 Å². The van der Waals surface area contributed by atoms with Crippen LogP contribution in [0.3, 0.4) is 0 Å². The molecule has 4 N–H and O–H groups in total. The Morgan fingerprint density at radius 2 is 2.00 bits per heavy atom. The number of primary sulfonamides is 1. The monoisotopic (exact) mass is 332 g/mol. The molecule has 1 fully saturated rings. The Morgan fingerprint density at radius 3 is 2.59 bits per heavy atom. The van der Waals surface area contributed by atoms with Crippen LogP contribution in [0.2, 0.25) is 0 Å². The third-order valence-electron chi connectivity index (χ3n) is 4.11. The topological polar surface area (TPSA) is 96.6 Å². The van der Waals surface area contributed by atoms with Crippen molar-refractivity contribution >= 4 is 16.0 Å². The van der Waals surface area contributed by atoms with E-state index >= 15 is 0 Å². The van der Waals surface area contributed by atoms with Gasteiger partial charge >= 0.3 is 0 Å². The van der Waals surface area contributed by atoms with Crippen molar-refractivity contribution in [2.75, 3.05) is 18.8 Å². The molecule has 1 saturated carbocycles. The summed E-state index contributed by atoms with van der Waals surface area (Å²) in [5.74, 6) is 1.42. The first-order valence-corrected chi connectivity index (χ1v) is 10.2. The molecule has 1 aliphatic rings. The van der Waals surface area contributed by atoms with Gasteiger partial charge in [0.25, 0.3) is 0 Å². The molecule has 130 valence electrons. The Hall–Kier alpha value is -0.820. The van der Waals surface area contributed by atoms with Crippen LogP contribution in [-0.2, 0) is 10.0 Å². The van der Waals surface area contributed by atoms with Gasteiger partial charge in [-0.2, -0.15) is 0 Å². The van der Waals surface area contributed by atoms with Crippen molar-refractivity contribution in [1.29, 1.82) is 0 Å². The number of sulfonamides is 1. The molecule has 1 unspecified atom stereocenters. The van der Waals surface area contributed by atoms with Crippen LogP contribution in [0.25, 0.3) is 0 Å². The summed E-state index contributed by atoms with van der Waals surface area (Å²) in [6.45, 7) is 5.07. The first kappa shape index (κ1) is 19.2. The van der Waals surface area contributed by atoms with Crippen LogP contribution < -0.4 is 15.8 Å². The lowest BCUT2D eigenvalue weighted by atomic mass is 9.85. The van der Waals surface area contributed by atoms with Crippen molar-refractivity contribution in [3.63, 3.8) is 0 Å². The largest absolute Gasteiger partial charge is 0.357 e. The zero-order chi connectivity index (χ0) is 16.4. The van der Waals surface area contributed by atoms with Crippen LogP contribution in [0.5, 0.6) is 0 Å². The summed E-state index contributed by atoms with van der Waals surface area (Å²) < 4.78 is 21.9. The number of nitrogens with one attached hydrogen (secondary N) is 2. The van der Waals surface area contributed by atoms with Crippen LogP contribution in [0.1, 0.15) is 58.8 Å². The predicted octanol–water partition coefficient (Wildman–Crippen LogP) is 1.58. The van der Waals surface area contributed by atoms with Gasteiger partial charge in [0.2, 0.25) is 10.0 Å². The molecule has 0 radical (unpaired) electrons. The molecular formula is C15H32N4O2S. The Morgan fingerprint density at radius 1 is 1.32 bits per heavy atom. The summed E-state index contributed by atoms with van der Waals surface area (Å²) in [5, 5.41) is 11.5. The lowest BCUT2D eigenvalue weighted by Crippen LogP contribution is -2.42. The van der Waals surface area contributed by atoms with Crippen LogP contribution in [0.4, 0.5) is 0 Å². The summed E-state index contributed by atoms with van der Waals surface area (Å²) in [6.07, 6.45) is 9.26. The first-order valence-electron chi connectivity index (χ1n) is 8.46. The van der Waals surface area contributed by atoms with E-state index in [-0.39, 0.29) is 12.3 Å². The van der Waals surface area contributed by atoms with E-state index in [1.165, 1.54) is 38.5 Å². The highest BCUT2D eigenvalue weighted by Gasteiger charge is 2.15. The molecule has 7 heteroatoms. The van der Waals surface area contributed by atoms with E-state index in [0.717, 1.165) is 18.9 Å². The minimum atomic E-state index is -3.45. The second-order valence-corrected chi connectivity index (χ2v) is 7.99. The fourth-order valence-electron chi connectivity index (χ4n) is 2.87. The second kappa shape index (κ2) is 10.0. The number of rotatable bonds is 8. The van der Waals surface area contributed by atoms with Gasteiger partial charge in [-0.1, -0.05) is 32.1 Å². The average Bonchev–Trinajstić information content (AvgIpc) is 2.45. The van der Waals surface area contributed by atoms with Gasteiger partial charge in [-0.25, -0.2) is 13.6 Å². The van der Waals surface area contributed by atoms with Crippen molar-refractivity contribution < 1.29 is 8.42 Å². The quantitative estimate of drug-likeness (QED) is 0.464. The van der Waals surface area contributed by atoms with Gasteiger partial charge in [-0.15, -0.1) is 0 Å². The van der Waals surface area contributed by atoms with E-state index in [0.29, 0.717) is 12.0 Å². The van der Waals surface area contributed by atoms with Gasteiger partial charge in [0.1, 0.15) is 0 Å². The number of guanidine groups is 1. The molecule has 0 aromatic carbocycles. The summed E-state index contributed by atoms with van der Waals surface area (Å²) in [7, 11) is -3.45. The maximum Gasteiger partial charge on any atom is 0.210 e. The van der Waals surface area contributed by atoms with Crippen LogP contribution in [-0.4, -0.2) is 39.3 Å². The van der Waals surface area contributed by atoms with Gasteiger partial charge in [-0.3, -0.25) is 4.99 Å². The fourth-order valence-corrected chi connectivity index (χ4v) is 3.22. The average molecular weight is 333 g/mol. The second-order valence-electron chi connectivity index (χ2n) is 6.25. The predicted molar refractivity (Wildman–Crippen MR) is 92.4 cm³/mol. The molecule has 0 aliphatic heterocycles. The summed E-state index contributed by atoms with van der Waals surface area (Å²) in [4.78, 5) is 4.27. The van der Waals surface area contributed by atoms with Crippen molar-refractivity contribution in [1.82, 2.24) is 10.6 Å². The SMILES string of the molecule is CCNC(=NCCS(N)(=O)=O)NC(C)CCC1CCCCC1. The molecule has 22 heavy (non-hydrogen) atoms. The van der Waals surface area contributed by atoms with E-state index in [4.69, 9.17) is 5.14 Å². The zero-order valence-electron chi connectivity index (χ0n) is 14.0. The molecule has 0 spiro atoms. The number of nitrogens with zero attached hydrogens (tertiary/aromatic N) is 1.